The van der Waals surface area contributed by atoms with E-state index in [4.69, 9.17) is 4.74 Å². The molecule has 236 valence electrons. The molecule has 0 aromatic rings. The maximum atomic E-state index is 12.6. The summed E-state index contributed by atoms with van der Waals surface area (Å²) in [5.41, 5.74) is 1.50. The van der Waals surface area contributed by atoms with Gasteiger partial charge in [-0.25, -0.2) is 0 Å². The fraction of sp³-hybridized carbons (Fsp3) is 0.686. The molecular weight excluding hydrogens is 532 g/mol. The molecule has 0 saturated heterocycles. The zero-order valence-electron chi connectivity index (χ0n) is 26.2. The van der Waals surface area contributed by atoms with Crippen molar-refractivity contribution in [3.8, 4) is 0 Å². The molecule has 0 aromatic carbocycles. The van der Waals surface area contributed by atoms with Crippen LogP contribution in [0.4, 0.5) is 0 Å². The van der Waals surface area contributed by atoms with Crippen molar-refractivity contribution in [1.82, 2.24) is 0 Å². The van der Waals surface area contributed by atoms with Gasteiger partial charge in [0, 0.05) is 22.9 Å². The lowest BCUT2D eigenvalue weighted by atomic mass is 9.40. The molecule has 0 heterocycles. The highest BCUT2D eigenvalue weighted by Gasteiger charge is 2.76. The fourth-order valence-corrected chi connectivity index (χ4v) is 8.59. The molecule has 7 nitrogen and oxygen atoms in total. The van der Waals surface area contributed by atoms with Crippen LogP contribution in [0.5, 0.6) is 0 Å². The Morgan fingerprint density at radius 2 is 1.86 bits per heavy atom. The Kier molecular flexibility index (Phi) is 11.8. The Morgan fingerprint density at radius 3 is 2.50 bits per heavy atom. The number of carbonyl (C=O) groups excluding carboxylic acids is 1. The molecule has 42 heavy (non-hydrogen) atoms. The van der Waals surface area contributed by atoms with Crippen LogP contribution in [-0.2, 0) is 9.53 Å². The summed E-state index contributed by atoms with van der Waals surface area (Å²) < 4.78 is 5.89. The minimum Gasteiger partial charge on any atom is -0.396 e. The van der Waals surface area contributed by atoms with Crippen molar-refractivity contribution in [1.29, 1.82) is 0 Å². The highest BCUT2D eigenvalue weighted by atomic mass is 16.5. The number of aliphatic hydroxyl groups is 5. The van der Waals surface area contributed by atoms with Crippen molar-refractivity contribution in [2.24, 2.45) is 16.2 Å². The molecule has 5 N–H and O–H groups in total. The van der Waals surface area contributed by atoms with Crippen molar-refractivity contribution in [3.63, 3.8) is 0 Å². The molecule has 3 fully saturated rings. The molecule has 3 aliphatic rings. The Labute approximate surface area is 252 Å². The van der Waals surface area contributed by atoms with E-state index >= 15 is 0 Å². The summed E-state index contributed by atoms with van der Waals surface area (Å²) in [6.07, 6.45) is 13.5. The average Bonchev–Trinajstić information content (AvgIpc) is 3.15. The standard InChI is InChI=1S/C35H54O7/c1-25(2)9-6-10-26(3)11-7-12-28(23-42-24-29(39)22-38)33-16-18-34(14-8-20-36)30(27(4)21-37)13-15-32(5,41)35(34,19-17-33)31(33)40/h7,9,11-12,21,29,31,36,38-41H,3,6,8,10,13-20,22-24H2,1-2,4-5H3. The van der Waals surface area contributed by atoms with Gasteiger partial charge in [-0.15, -0.1) is 0 Å². The SMILES string of the molecule is C=C(C=CC=C(COCC(O)CO)C12CCC3(CCCO)C(=C(C)C=O)CCC(C)(O)C3(CC1)C2O)CCC=C(C)C. The van der Waals surface area contributed by atoms with Crippen LogP contribution in [0.1, 0.15) is 91.9 Å². The normalized spacial score (nSPS) is 34.7. The van der Waals surface area contributed by atoms with Crippen LogP contribution >= 0.6 is 0 Å². The van der Waals surface area contributed by atoms with Gasteiger partial charge in [0.05, 0.1) is 31.5 Å². The summed E-state index contributed by atoms with van der Waals surface area (Å²) in [7, 11) is 0. The third-order valence-corrected chi connectivity index (χ3v) is 10.7. The van der Waals surface area contributed by atoms with E-state index in [1.807, 2.05) is 32.1 Å². The van der Waals surface area contributed by atoms with Gasteiger partial charge in [0.25, 0.3) is 0 Å². The van der Waals surface area contributed by atoms with Crippen LogP contribution in [0.3, 0.4) is 0 Å². The first-order valence-corrected chi connectivity index (χ1v) is 15.6. The Balaban J connectivity index is 2.07. The number of allylic oxidation sites excluding steroid dienone is 8. The minimum atomic E-state index is -1.18. The lowest BCUT2D eigenvalue weighted by Gasteiger charge is -2.66. The maximum absolute atomic E-state index is 12.6. The maximum Gasteiger partial charge on any atom is 0.145 e. The number of carbonyl (C=O) groups is 1. The summed E-state index contributed by atoms with van der Waals surface area (Å²) in [6.45, 7) is 11.7. The van der Waals surface area contributed by atoms with E-state index in [1.54, 1.807) is 0 Å². The minimum absolute atomic E-state index is 0.00308. The van der Waals surface area contributed by atoms with E-state index in [2.05, 4.69) is 26.5 Å². The van der Waals surface area contributed by atoms with Crippen LogP contribution in [0, 0.1) is 16.2 Å². The summed E-state index contributed by atoms with van der Waals surface area (Å²) >= 11 is 0. The van der Waals surface area contributed by atoms with E-state index < -0.39 is 40.7 Å². The van der Waals surface area contributed by atoms with Crippen LogP contribution in [-0.4, -0.2) is 76.1 Å². The van der Waals surface area contributed by atoms with Gasteiger partial charge in [0.15, 0.2) is 0 Å². The van der Waals surface area contributed by atoms with Crippen molar-refractivity contribution in [2.45, 2.75) is 110 Å². The molecule has 6 unspecified atom stereocenters. The van der Waals surface area contributed by atoms with Gasteiger partial charge < -0.3 is 30.3 Å². The number of hydrogen-bond acceptors (Lipinski definition) is 7. The van der Waals surface area contributed by atoms with Crippen LogP contribution in [0.2, 0.25) is 0 Å². The highest BCUT2D eigenvalue weighted by molar-refractivity contribution is 5.74. The molecule has 2 bridgehead atoms. The first-order valence-electron chi connectivity index (χ1n) is 15.6. The van der Waals surface area contributed by atoms with Crippen LogP contribution in [0.15, 0.2) is 58.7 Å². The van der Waals surface area contributed by atoms with E-state index in [-0.39, 0.29) is 19.8 Å². The van der Waals surface area contributed by atoms with Crippen molar-refractivity contribution in [2.75, 3.05) is 26.4 Å². The van der Waals surface area contributed by atoms with Crippen molar-refractivity contribution in [3.05, 3.63) is 58.7 Å². The summed E-state index contributed by atoms with van der Waals surface area (Å²) in [5.74, 6) is 0. The molecule has 3 saturated carbocycles. The van der Waals surface area contributed by atoms with Gasteiger partial charge in [0.2, 0.25) is 0 Å². The van der Waals surface area contributed by atoms with Gasteiger partial charge in [-0.3, -0.25) is 4.79 Å². The first kappa shape index (κ1) is 34.6. The number of aldehydes is 1. The number of hydrogen-bond donors (Lipinski definition) is 5. The van der Waals surface area contributed by atoms with Gasteiger partial charge in [-0.05, 0) is 103 Å². The Hall–Kier alpha value is -1.87. The fourth-order valence-electron chi connectivity index (χ4n) is 8.59. The third-order valence-electron chi connectivity index (χ3n) is 10.7. The number of fused-ring (bicyclic) bond motifs is 1. The molecule has 3 rings (SSSR count). The average molecular weight is 587 g/mol. The zero-order valence-corrected chi connectivity index (χ0v) is 26.2. The monoisotopic (exact) mass is 586 g/mol. The molecular formula is C35H54O7. The number of ether oxygens (including phenoxy) is 1. The molecule has 0 aromatic heterocycles. The second-order valence-corrected chi connectivity index (χ2v) is 13.4. The summed E-state index contributed by atoms with van der Waals surface area (Å²) in [5, 5.41) is 53.7. The molecule has 3 aliphatic carbocycles. The second kappa shape index (κ2) is 14.3. The quantitative estimate of drug-likeness (QED) is 0.0801. The molecule has 7 heteroatoms. The Morgan fingerprint density at radius 1 is 1.14 bits per heavy atom. The summed E-state index contributed by atoms with van der Waals surface area (Å²) in [6, 6.07) is 0. The van der Waals surface area contributed by atoms with Crippen molar-refractivity contribution < 1.29 is 35.1 Å². The van der Waals surface area contributed by atoms with Gasteiger partial charge in [0.1, 0.15) is 12.4 Å². The second-order valence-electron chi connectivity index (χ2n) is 13.4. The first-order chi connectivity index (χ1) is 19.9. The molecule has 0 amide bonds. The van der Waals surface area contributed by atoms with E-state index in [0.717, 1.165) is 35.8 Å². The lowest BCUT2D eigenvalue weighted by Crippen LogP contribution is -2.68. The van der Waals surface area contributed by atoms with Crippen LogP contribution in [0.25, 0.3) is 0 Å². The van der Waals surface area contributed by atoms with Gasteiger partial charge >= 0.3 is 0 Å². The van der Waals surface area contributed by atoms with E-state index in [1.165, 1.54) is 5.57 Å². The van der Waals surface area contributed by atoms with E-state index in [0.29, 0.717) is 56.9 Å². The Bertz CT molecular complexity index is 1090. The van der Waals surface area contributed by atoms with E-state index in [9.17, 15) is 30.3 Å². The smallest absolute Gasteiger partial charge is 0.145 e. The zero-order chi connectivity index (χ0) is 31.2. The number of aliphatic hydroxyl groups excluding tert-OH is 4. The van der Waals surface area contributed by atoms with Gasteiger partial charge in [-0.1, -0.05) is 47.6 Å². The summed E-state index contributed by atoms with van der Waals surface area (Å²) in [4.78, 5) is 12.1. The highest BCUT2D eigenvalue weighted by Crippen LogP contribution is 2.77. The topological polar surface area (TPSA) is 127 Å². The predicted molar refractivity (Wildman–Crippen MR) is 166 cm³/mol. The third kappa shape index (κ3) is 6.33. The van der Waals surface area contributed by atoms with Gasteiger partial charge in [-0.2, -0.15) is 0 Å². The largest absolute Gasteiger partial charge is 0.396 e. The lowest BCUT2D eigenvalue weighted by molar-refractivity contribution is -0.231. The molecule has 6 atom stereocenters. The molecule has 0 aliphatic heterocycles. The predicted octanol–water partition coefficient (Wildman–Crippen LogP) is 4.88. The number of rotatable bonds is 15. The molecule has 0 radical (unpaired) electrons. The van der Waals surface area contributed by atoms with Crippen molar-refractivity contribution >= 4 is 6.29 Å². The van der Waals surface area contributed by atoms with Crippen LogP contribution < -0.4 is 0 Å². The molecule has 1 spiro atoms.